The predicted octanol–water partition coefficient (Wildman–Crippen LogP) is 3.38. The van der Waals surface area contributed by atoms with Gasteiger partial charge in [-0.3, -0.25) is 9.36 Å². The van der Waals surface area contributed by atoms with Crippen LogP contribution in [-0.2, 0) is 0 Å². The Morgan fingerprint density at radius 2 is 1.64 bits per heavy atom. The SMILES string of the molecule is COc1ccc(/C=c2/sc3n(c2=O)C(c2ccccc2)C(c2ccccc2)=NN=3)c(OC)c1. The number of aromatic nitrogens is 1. The van der Waals surface area contributed by atoms with E-state index in [-0.39, 0.29) is 11.6 Å². The van der Waals surface area contributed by atoms with Crippen molar-refractivity contribution in [3.63, 3.8) is 0 Å². The number of ether oxygens (including phenoxy) is 2. The lowest BCUT2D eigenvalue weighted by molar-refractivity contribution is 0.393. The van der Waals surface area contributed by atoms with Crippen LogP contribution in [0.25, 0.3) is 6.08 Å². The van der Waals surface area contributed by atoms with Crippen molar-refractivity contribution < 1.29 is 9.47 Å². The summed E-state index contributed by atoms with van der Waals surface area (Å²) in [5, 5.41) is 8.97. The summed E-state index contributed by atoms with van der Waals surface area (Å²) in [4.78, 5) is 14.2. The van der Waals surface area contributed by atoms with Gasteiger partial charge in [0.25, 0.3) is 5.56 Å². The highest BCUT2D eigenvalue weighted by atomic mass is 32.1. The van der Waals surface area contributed by atoms with Gasteiger partial charge < -0.3 is 9.47 Å². The number of hydrogen-bond donors (Lipinski definition) is 0. The van der Waals surface area contributed by atoms with Gasteiger partial charge >= 0.3 is 0 Å². The van der Waals surface area contributed by atoms with Crippen molar-refractivity contribution in [2.75, 3.05) is 14.2 Å². The van der Waals surface area contributed by atoms with Crippen molar-refractivity contribution in [1.29, 1.82) is 0 Å². The number of benzene rings is 3. The largest absolute Gasteiger partial charge is 0.497 e. The van der Waals surface area contributed by atoms with Crippen molar-refractivity contribution >= 4 is 23.1 Å². The third-order valence-corrected chi connectivity index (χ3v) is 6.48. The second kappa shape index (κ2) is 8.88. The summed E-state index contributed by atoms with van der Waals surface area (Å²) < 4.78 is 13.1. The Bertz CT molecular complexity index is 1510. The fourth-order valence-corrected chi connectivity index (χ4v) is 4.84. The van der Waals surface area contributed by atoms with Crippen LogP contribution in [0, 0.1) is 0 Å². The zero-order chi connectivity index (χ0) is 22.8. The smallest absolute Gasteiger partial charge is 0.271 e. The van der Waals surface area contributed by atoms with Gasteiger partial charge in [-0.15, -0.1) is 10.2 Å². The molecule has 33 heavy (non-hydrogen) atoms. The fourth-order valence-electron chi connectivity index (χ4n) is 3.90. The van der Waals surface area contributed by atoms with Gasteiger partial charge in [-0.25, -0.2) is 0 Å². The second-order valence-corrected chi connectivity index (χ2v) is 8.45. The molecule has 164 valence electrons. The number of rotatable bonds is 5. The Labute approximate surface area is 194 Å². The standard InChI is InChI=1S/C26H21N3O3S/c1-31-20-14-13-19(21(16-20)32-2)15-22-25(30)29-24(18-11-7-4-8-12-18)23(27-28-26(29)33-22)17-9-5-3-6-10-17/h3-16,24H,1-2H3/b22-15+. The van der Waals surface area contributed by atoms with E-state index < -0.39 is 0 Å². The summed E-state index contributed by atoms with van der Waals surface area (Å²) in [6, 6.07) is 24.9. The van der Waals surface area contributed by atoms with Crippen molar-refractivity contribution in [1.82, 2.24) is 4.57 Å². The first-order valence-corrected chi connectivity index (χ1v) is 11.2. The van der Waals surface area contributed by atoms with Crippen LogP contribution in [0.15, 0.2) is 93.9 Å². The first-order chi connectivity index (χ1) is 16.2. The lowest BCUT2D eigenvalue weighted by Gasteiger charge is -2.22. The van der Waals surface area contributed by atoms with Crippen molar-refractivity contribution in [2.24, 2.45) is 10.2 Å². The summed E-state index contributed by atoms with van der Waals surface area (Å²) in [5.74, 6) is 1.31. The van der Waals surface area contributed by atoms with Crippen LogP contribution in [0.4, 0.5) is 0 Å². The highest BCUT2D eigenvalue weighted by molar-refractivity contribution is 7.07. The van der Waals surface area contributed by atoms with Crippen molar-refractivity contribution in [3.8, 4) is 11.5 Å². The van der Waals surface area contributed by atoms with Gasteiger partial charge in [0.1, 0.15) is 17.5 Å². The predicted molar refractivity (Wildman–Crippen MR) is 130 cm³/mol. The molecule has 1 aliphatic rings. The molecular formula is C26H21N3O3S. The molecule has 0 spiro atoms. The lowest BCUT2D eigenvalue weighted by Crippen LogP contribution is -2.40. The van der Waals surface area contributed by atoms with E-state index in [0.717, 1.165) is 22.4 Å². The molecule has 3 aromatic carbocycles. The minimum Gasteiger partial charge on any atom is -0.497 e. The Kier molecular flexibility index (Phi) is 5.62. The van der Waals surface area contributed by atoms with Crippen molar-refractivity contribution in [3.05, 3.63) is 115 Å². The quantitative estimate of drug-likeness (QED) is 0.463. The van der Waals surface area contributed by atoms with Crippen molar-refractivity contribution in [2.45, 2.75) is 6.04 Å². The number of nitrogens with zero attached hydrogens (tertiary/aromatic N) is 3. The minimum atomic E-state index is -0.371. The highest BCUT2D eigenvalue weighted by Gasteiger charge is 2.28. The molecule has 1 atom stereocenters. The molecule has 0 fully saturated rings. The molecular weight excluding hydrogens is 434 g/mol. The second-order valence-electron chi connectivity index (χ2n) is 7.44. The average Bonchev–Trinajstić information content (AvgIpc) is 3.19. The molecule has 4 aromatic rings. The molecule has 2 heterocycles. The first kappa shape index (κ1) is 20.9. The Morgan fingerprint density at radius 1 is 0.909 bits per heavy atom. The molecule has 0 aliphatic carbocycles. The lowest BCUT2D eigenvalue weighted by atomic mass is 9.96. The fraction of sp³-hybridized carbons (Fsp3) is 0.115. The summed E-state index contributed by atoms with van der Waals surface area (Å²) in [7, 11) is 3.20. The molecule has 0 bridgehead atoms. The van der Waals surface area contributed by atoms with Crippen LogP contribution in [0.2, 0.25) is 0 Å². The maximum atomic E-state index is 13.7. The van der Waals surface area contributed by atoms with E-state index in [9.17, 15) is 4.79 Å². The van der Waals surface area contributed by atoms with Crippen LogP contribution in [0.1, 0.15) is 22.7 Å². The number of hydrogen-bond acceptors (Lipinski definition) is 6. The van der Waals surface area contributed by atoms with Crippen LogP contribution >= 0.6 is 11.3 Å². The number of fused-ring (bicyclic) bond motifs is 1. The van der Waals surface area contributed by atoms with Gasteiger partial charge in [0.2, 0.25) is 4.80 Å². The first-order valence-electron chi connectivity index (χ1n) is 10.4. The maximum absolute atomic E-state index is 13.7. The zero-order valence-electron chi connectivity index (χ0n) is 18.1. The Balaban J connectivity index is 1.70. The Hall–Kier alpha value is -3.97. The summed E-state index contributed by atoms with van der Waals surface area (Å²) in [5.41, 5.74) is 3.32. The summed E-state index contributed by atoms with van der Waals surface area (Å²) in [6.07, 6.45) is 1.83. The average molecular weight is 456 g/mol. The van der Waals surface area contributed by atoms with Gasteiger partial charge in [0.05, 0.1) is 24.5 Å². The Morgan fingerprint density at radius 3 is 2.33 bits per heavy atom. The molecule has 1 unspecified atom stereocenters. The third kappa shape index (κ3) is 3.87. The number of methoxy groups -OCH3 is 2. The van der Waals surface area contributed by atoms with E-state index in [2.05, 4.69) is 10.2 Å². The van der Waals surface area contributed by atoms with Gasteiger partial charge in [0.15, 0.2) is 0 Å². The van der Waals surface area contributed by atoms with Crippen LogP contribution in [0.5, 0.6) is 11.5 Å². The molecule has 0 radical (unpaired) electrons. The van der Waals surface area contributed by atoms with E-state index in [1.807, 2.05) is 78.9 Å². The monoisotopic (exact) mass is 455 g/mol. The van der Waals surface area contributed by atoms with Gasteiger partial charge in [0, 0.05) is 17.2 Å². The van der Waals surface area contributed by atoms with E-state index in [4.69, 9.17) is 9.47 Å². The van der Waals surface area contributed by atoms with Crippen LogP contribution in [-0.4, -0.2) is 24.5 Å². The van der Waals surface area contributed by atoms with E-state index in [0.29, 0.717) is 20.8 Å². The molecule has 6 nitrogen and oxygen atoms in total. The van der Waals surface area contributed by atoms with E-state index in [1.54, 1.807) is 24.9 Å². The molecule has 1 aromatic heterocycles. The third-order valence-electron chi connectivity index (χ3n) is 5.51. The summed E-state index contributed by atoms with van der Waals surface area (Å²) >= 11 is 1.32. The molecule has 1 aliphatic heterocycles. The molecule has 0 amide bonds. The number of thiazole rings is 1. The van der Waals surface area contributed by atoms with Crippen LogP contribution in [0.3, 0.4) is 0 Å². The normalized spacial score (nSPS) is 15.4. The molecule has 7 heteroatoms. The molecule has 0 saturated carbocycles. The molecule has 0 N–H and O–H groups in total. The van der Waals surface area contributed by atoms with E-state index >= 15 is 0 Å². The maximum Gasteiger partial charge on any atom is 0.271 e. The highest BCUT2D eigenvalue weighted by Crippen LogP contribution is 2.26. The van der Waals surface area contributed by atoms with Crippen LogP contribution < -0.4 is 24.4 Å². The van der Waals surface area contributed by atoms with Gasteiger partial charge in [-0.2, -0.15) is 0 Å². The molecule has 0 saturated heterocycles. The van der Waals surface area contributed by atoms with Gasteiger partial charge in [-0.05, 0) is 23.8 Å². The molecule has 5 rings (SSSR count). The summed E-state index contributed by atoms with van der Waals surface area (Å²) in [6.45, 7) is 0. The van der Waals surface area contributed by atoms with E-state index in [1.165, 1.54) is 11.3 Å². The van der Waals surface area contributed by atoms with Gasteiger partial charge in [-0.1, -0.05) is 72.0 Å². The topological polar surface area (TPSA) is 65.2 Å². The minimum absolute atomic E-state index is 0.117. The zero-order valence-corrected chi connectivity index (χ0v) is 19.0.